The summed E-state index contributed by atoms with van der Waals surface area (Å²) in [5, 5.41) is 5.23. The zero-order valence-corrected chi connectivity index (χ0v) is 14.2. The van der Waals surface area contributed by atoms with Gasteiger partial charge in [-0.1, -0.05) is 0 Å². The molecule has 2 aromatic rings. The summed E-state index contributed by atoms with van der Waals surface area (Å²) in [7, 11) is 3.93. The lowest BCUT2D eigenvalue weighted by atomic mass is 10.2. The number of carbonyl (C=O) groups is 1. The standard InChI is InChI=1S/C16H23N7O/c1-20(12-3-4-12)10-14(24)22-5-7-23(8-6-22)16-13-9-19-21(2)15(13)17-11-18-16/h9,11-12H,3-8,10H2,1-2H3. The molecule has 1 saturated carbocycles. The second-order valence-corrected chi connectivity index (χ2v) is 6.72. The Morgan fingerprint density at radius 1 is 1.25 bits per heavy atom. The highest BCUT2D eigenvalue weighted by molar-refractivity contribution is 5.86. The zero-order chi connectivity index (χ0) is 16.7. The predicted octanol–water partition coefficient (Wildman–Crippen LogP) is 0.106. The Hall–Kier alpha value is -2.22. The number of hydrogen-bond acceptors (Lipinski definition) is 6. The number of likely N-dealkylation sites (N-methyl/N-ethyl adjacent to an activating group) is 1. The number of fused-ring (bicyclic) bond motifs is 1. The first-order valence-corrected chi connectivity index (χ1v) is 8.49. The Labute approximate surface area is 141 Å². The van der Waals surface area contributed by atoms with Crippen LogP contribution in [0.15, 0.2) is 12.5 Å². The van der Waals surface area contributed by atoms with Gasteiger partial charge in [0.25, 0.3) is 0 Å². The Kier molecular flexibility index (Phi) is 3.84. The van der Waals surface area contributed by atoms with Crippen molar-refractivity contribution in [2.75, 3.05) is 44.7 Å². The van der Waals surface area contributed by atoms with Crippen molar-refractivity contribution in [1.82, 2.24) is 29.5 Å². The third-order valence-corrected chi connectivity index (χ3v) is 5.00. The molecule has 1 aliphatic carbocycles. The van der Waals surface area contributed by atoms with Gasteiger partial charge in [0, 0.05) is 39.3 Å². The van der Waals surface area contributed by atoms with E-state index >= 15 is 0 Å². The molecule has 0 spiro atoms. The van der Waals surface area contributed by atoms with Crippen molar-refractivity contribution in [3.05, 3.63) is 12.5 Å². The first-order valence-electron chi connectivity index (χ1n) is 8.49. The SMILES string of the molecule is CN(CC(=O)N1CCN(c2ncnc3c2cnn3C)CC1)C1CC1. The summed E-state index contributed by atoms with van der Waals surface area (Å²) in [6.45, 7) is 3.59. The van der Waals surface area contributed by atoms with Crippen LogP contribution >= 0.6 is 0 Å². The number of aromatic nitrogens is 4. The molecule has 8 heteroatoms. The molecule has 24 heavy (non-hydrogen) atoms. The lowest BCUT2D eigenvalue weighted by molar-refractivity contribution is -0.132. The summed E-state index contributed by atoms with van der Waals surface area (Å²) in [6, 6.07) is 0.620. The largest absolute Gasteiger partial charge is 0.352 e. The first-order chi connectivity index (χ1) is 11.6. The fourth-order valence-electron chi connectivity index (χ4n) is 3.33. The van der Waals surface area contributed by atoms with E-state index in [2.05, 4.69) is 24.9 Å². The lowest BCUT2D eigenvalue weighted by Gasteiger charge is -2.36. The van der Waals surface area contributed by atoms with E-state index in [-0.39, 0.29) is 5.91 Å². The number of aryl methyl sites for hydroxylation is 1. The molecule has 0 aromatic carbocycles. The number of hydrogen-bond donors (Lipinski definition) is 0. The molecule has 0 N–H and O–H groups in total. The van der Waals surface area contributed by atoms with Crippen LogP contribution < -0.4 is 4.90 Å². The smallest absolute Gasteiger partial charge is 0.236 e. The van der Waals surface area contributed by atoms with Gasteiger partial charge >= 0.3 is 0 Å². The van der Waals surface area contributed by atoms with Crippen molar-refractivity contribution in [1.29, 1.82) is 0 Å². The number of amides is 1. The zero-order valence-electron chi connectivity index (χ0n) is 14.2. The van der Waals surface area contributed by atoms with E-state index in [1.807, 2.05) is 25.2 Å². The van der Waals surface area contributed by atoms with E-state index in [1.54, 1.807) is 11.0 Å². The second-order valence-electron chi connectivity index (χ2n) is 6.72. The molecular weight excluding hydrogens is 306 g/mol. The molecule has 0 bridgehead atoms. The van der Waals surface area contributed by atoms with Gasteiger partial charge in [0.05, 0.1) is 18.1 Å². The molecule has 8 nitrogen and oxygen atoms in total. The van der Waals surface area contributed by atoms with Crippen LogP contribution in [0.5, 0.6) is 0 Å². The lowest BCUT2D eigenvalue weighted by Crippen LogP contribution is -2.51. The van der Waals surface area contributed by atoms with Crippen LogP contribution in [0.4, 0.5) is 5.82 Å². The Morgan fingerprint density at radius 3 is 2.71 bits per heavy atom. The van der Waals surface area contributed by atoms with Crippen LogP contribution in [0.25, 0.3) is 11.0 Å². The van der Waals surface area contributed by atoms with Crippen LogP contribution in [-0.2, 0) is 11.8 Å². The van der Waals surface area contributed by atoms with Crippen molar-refractivity contribution in [2.24, 2.45) is 7.05 Å². The Morgan fingerprint density at radius 2 is 2.00 bits per heavy atom. The van der Waals surface area contributed by atoms with Crippen molar-refractivity contribution >= 4 is 22.8 Å². The van der Waals surface area contributed by atoms with Crippen LogP contribution in [0.1, 0.15) is 12.8 Å². The van der Waals surface area contributed by atoms with Gasteiger partial charge in [-0.2, -0.15) is 5.10 Å². The van der Waals surface area contributed by atoms with Gasteiger partial charge in [-0.25, -0.2) is 9.97 Å². The second kappa shape index (κ2) is 6.01. The van der Waals surface area contributed by atoms with Gasteiger partial charge < -0.3 is 9.80 Å². The average molecular weight is 329 g/mol. The molecule has 2 aromatic heterocycles. The molecule has 1 saturated heterocycles. The number of nitrogens with zero attached hydrogens (tertiary/aromatic N) is 7. The molecular formula is C16H23N7O. The summed E-state index contributed by atoms with van der Waals surface area (Å²) in [5.74, 6) is 1.15. The monoisotopic (exact) mass is 329 g/mol. The molecule has 0 atom stereocenters. The number of anilines is 1. The van der Waals surface area contributed by atoms with Gasteiger partial charge in [0.15, 0.2) is 5.65 Å². The summed E-state index contributed by atoms with van der Waals surface area (Å²) >= 11 is 0. The fourth-order valence-corrected chi connectivity index (χ4v) is 3.33. The van der Waals surface area contributed by atoms with Crippen LogP contribution in [0, 0.1) is 0 Å². The van der Waals surface area contributed by atoms with Crippen LogP contribution in [0.3, 0.4) is 0 Å². The third-order valence-electron chi connectivity index (χ3n) is 5.00. The van der Waals surface area contributed by atoms with Gasteiger partial charge in [-0.15, -0.1) is 0 Å². The van der Waals surface area contributed by atoms with E-state index in [1.165, 1.54) is 12.8 Å². The number of rotatable bonds is 4. The highest BCUT2D eigenvalue weighted by Crippen LogP contribution is 2.25. The van der Waals surface area contributed by atoms with Gasteiger partial charge in [0.2, 0.25) is 5.91 Å². The number of carbonyl (C=O) groups excluding carboxylic acids is 1. The highest BCUT2D eigenvalue weighted by atomic mass is 16.2. The first kappa shape index (κ1) is 15.3. The number of piperazine rings is 1. The molecule has 1 amide bonds. The molecule has 1 aliphatic heterocycles. The van der Waals surface area contributed by atoms with E-state index in [0.717, 1.165) is 43.0 Å². The average Bonchev–Trinajstić information content (AvgIpc) is 3.39. The minimum Gasteiger partial charge on any atom is -0.352 e. The molecule has 4 rings (SSSR count). The quantitative estimate of drug-likeness (QED) is 0.793. The topological polar surface area (TPSA) is 70.4 Å². The molecule has 128 valence electrons. The van der Waals surface area contributed by atoms with Crippen molar-refractivity contribution in [2.45, 2.75) is 18.9 Å². The van der Waals surface area contributed by atoms with E-state index in [4.69, 9.17) is 0 Å². The van der Waals surface area contributed by atoms with Crippen molar-refractivity contribution < 1.29 is 4.79 Å². The summed E-state index contributed by atoms with van der Waals surface area (Å²) < 4.78 is 1.76. The summed E-state index contributed by atoms with van der Waals surface area (Å²) in [4.78, 5) is 27.5. The molecule has 3 heterocycles. The minimum atomic E-state index is 0.235. The van der Waals surface area contributed by atoms with E-state index < -0.39 is 0 Å². The minimum absolute atomic E-state index is 0.235. The van der Waals surface area contributed by atoms with Gasteiger partial charge in [-0.05, 0) is 19.9 Å². The molecule has 0 radical (unpaired) electrons. The van der Waals surface area contributed by atoms with Crippen molar-refractivity contribution in [3.63, 3.8) is 0 Å². The maximum Gasteiger partial charge on any atom is 0.236 e. The van der Waals surface area contributed by atoms with E-state index in [0.29, 0.717) is 12.6 Å². The maximum absolute atomic E-state index is 12.4. The predicted molar refractivity (Wildman–Crippen MR) is 90.7 cm³/mol. The summed E-state index contributed by atoms with van der Waals surface area (Å²) in [5.41, 5.74) is 0.838. The maximum atomic E-state index is 12.4. The van der Waals surface area contributed by atoms with Crippen LogP contribution in [0.2, 0.25) is 0 Å². The highest BCUT2D eigenvalue weighted by Gasteiger charge is 2.30. The normalized spacial score (nSPS) is 18.6. The fraction of sp³-hybridized carbons (Fsp3) is 0.625. The van der Waals surface area contributed by atoms with Gasteiger partial charge in [-0.3, -0.25) is 14.4 Å². The Bertz CT molecular complexity index is 746. The Balaban J connectivity index is 1.41. The van der Waals surface area contributed by atoms with E-state index in [9.17, 15) is 4.79 Å². The third kappa shape index (κ3) is 2.82. The van der Waals surface area contributed by atoms with Crippen LogP contribution in [-0.4, -0.2) is 81.3 Å². The molecule has 2 fully saturated rings. The summed E-state index contributed by atoms with van der Waals surface area (Å²) in [6.07, 6.45) is 5.85. The molecule has 0 unspecified atom stereocenters. The molecule has 2 aliphatic rings. The van der Waals surface area contributed by atoms with Crippen molar-refractivity contribution in [3.8, 4) is 0 Å². The van der Waals surface area contributed by atoms with Gasteiger partial charge in [0.1, 0.15) is 12.1 Å².